The summed E-state index contributed by atoms with van der Waals surface area (Å²) in [6.07, 6.45) is 1.19. The number of benzene rings is 2. The smallest absolute Gasteiger partial charge is 0.194 e. The van der Waals surface area contributed by atoms with Gasteiger partial charge >= 0.3 is 0 Å². The van der Waals surface area contributed by atoms with Crippen LogP contribution >= 0.6 is 11.6 Å². The second kappa shape index (κ2) is 5.85. The number of carbonyl (C=O) groups is 2. The number of hydrogen-bond donors (Lipinski definition) is 0. The first-order chi connectivity index (χ1) is 9.54. The molecular formula is C17H13ClO2. The maximum absolute atomic E-state index is 12.6. The summed E-state index contributed by atoms with van der Waals surface area (Å²) >= 11 is 5.95. The van der Waals surface area contributed by atoms with Gasteiger partial charge in [-0.25, -0.2) is 0 Å². The highest BCUT2D eigenvalue weighted by Crippen LogP contribution is 2.22. The monoisotopic (exact) mass is 284 g/mol. The van der Waals surface area contributed by atoms with Crippen molar-refractivity contribution in [3.63, 3.8) is 0 Å². The molecule has 0 fully saturated rings. The van der Waals surface area contributed by atoms with Crippen molar-refractivity contribution in [2.45, 2.75) is 6.92 Å². The zero-order chi connectivity index (χ0) is 14.7. The van der Waals surface area contributed by atoms with E-state index in [4.69, 9.17) is 11.6 Å². The lowest BCUT2D eigenvalue weighted by Crippen LogP contribution is -2.10. The van der Waals surface area contributed by atoms with Crippen LogP contribution in [-0.2, 0) is 0 Å². The molecule has 0 heterocycles. The summed E-state index contributed by atoms with van der Waals surface area (Å²) in [6, 6.07) is 11.9. The van der Waals surface area contributed by atoms with Crippen molar-refractivity contribution in [2.75, 3.05) is 0 Å². The molecule has 0 amide bonds. The summed E-state index contributed by atoms with van der Waals surface area (Å²) in [5, 5.41) is 0.419. The minimum absolute atomic E-state index is 0.212. The van der Waals surface area contributed by atoms with Gasteiger partial charge in [-0.3, -0.25) is 9.59 Å². The Morgan fingerprint density at radius 3 is 2.40 bits per heavy atom. The van der Waals surface area contributed by atoms with E-state index in [0.29, 0.717) is 21.7 Å². The Balaban J connectivity index is 2.60. The summed E-state index contributed by atoms with van der Waals surface area (Å²) in [5.41, 5.74) is 2.04. The van der Waals surface area contributed by atoms with E-state index in [0.717, 1.165) is 5.56 Å². The maximum Gasteiger partial charge on any atom is 0.194 e. The van der Waals surface area contributed by atoms with Crippen LogP contribution < -0.4 is 0 Å². The van der Waals surface area contributed by atoms with Crippen LogP contribution in [0.1, 0.15) is 31.8 Å². The normalized spacial score (nSPS) is 10.1. The number of allylic oxidation sites excluding steroid dienone is 1. The van der Waals surface area contributed by atoms with Gasteiger partial charge in [0.15, 0.2) is 11.6 Å². The standard InChI is InChI=1S/C17H13ClO2/c1-3-16(19)14-9-8-12(18)10-15(14)17(20)13-7-5-4-6-11(13)2/h3-10H,1H2,2H3. The van der Waals surface area contributed by atoms with Gasteiger partial charge in [0.1, 0.15) is 0 Å². The number of aryl methyl sites for hydroxylation is 1. The van der Waals surface area contributed by atoms with Gasteiger partial charge in [0.25, 0.3) is 0 Å². The number of hydrogen-bond acceptors (Lipinski definition) is 2. The van der Waals surface area contributed by atoms with Crippen LogP contribution in [0.25, 0.3) is 0 Å². The molecule has 0 radical (unpaired) electrons. The lowest BCUT2D eigenvalue weighted by Gasteiger charge is -2.09. The summed E-state index contributed by atoms with van der Waals surface area (Å²) in [6.45, 7) is 5.31. The molecule has 0 saturated carbocycles. The van der Waals surface area contributed by atoms with Gasteiger partial charge in [-0.2, -0.15) is 0 Å². The molecule has 0 aliphatic heterocycles. The number of carbonyl (C=O) groups excluding carboxylic acids is 2. The highest BCUT2D eigenvalue weighted by atomic mass is 35.5. The van der Waals surface area contributed by atoms with E-state index in [9.17, 15) is 9.59 Å². The summed E-state index contributed by atoms with van der Waals surface area (Å²) in [7, 11) is 0. The molecule has 0 bridgehead atoms. The molecule has 100 valence electrons. The van der Waals surface area contributed by atoms with Crippen LogP contribution in [0.3, 0.4) is 0 Å². The minimum Gasteiger partial charge on any atom is -0.289 e. The van der Waals surface area contributed by atoms with Gasteiger partial charge in [-0.15, -0.1) is 0 Å². The third-order valence-corrected chi connectivity index (χ3v) is 3.30. The van der Waals surface area contributed by atoms with E-state index in [2.05, 4.69) is 6.58 Å². The first-order valence-electron chi connectivity index (χ1n) is 6.11. The fourth-order valence-electron chi connectivity index (χ4n) is 2.00. The van der Waals surface area contributed by atoms with Crippen LogP contribution in [0.2, 0.25) is 5.02 Å². The van der Waals surface area contributed by atoms with Crippen LogP contribution in [0.4, 0.5) is 0 Å². The minimum atomic E-state index is -0.293. The van der Waals surface area contributed by atoms with Gasteiger partial charge < -0.3 is 0 Å². The Morgan fingerprint density at radius 2 is 1.75 bits per heavy atom. The summed E-state index contributed by atoms with van der Waals surface area (Å²) < 4.78 is 0. The topological polar surface area (TPSA) is 34.1 Å². The zero-order valence-corrected chi connectivity index (χ0v) is 11.8. The Morgan fingerprint density at radius 1 is 1.05 bits per heavy atom. The SMILES string of the molecule is C=CC(=O)c1ccc(Cl)cc1C(=O)c1ccccc1C. The van der Waals surface area contributed by atoms with Crippen molar-refractivity contribution < 1.29 is 9.59 Å². The van der Waals surface area contributed by atoms with Crippen molar-refractivity contribution in [1.82, 2.24) is 0 Å². The Bertz CT molecular complexity index is 702. The number of ketones is 2. The van der Waals surface area contributed by atoms with Crippen LogP contribution in [0, 0.1) is 6.92 Å². The Labute approximate surface area is 122 Å². The van der Waals surface area contributed by atoms with E-state index < -0.39 is 0 Å². The predicted molar refractivity (Wildman–Crippen MR) is 80.6 cm³/mol. The molecule has 2 rings (SSSR count). The first-order valence-corrected chi connectivity index (χ1v) is 6.49. The highest BCUT2D eigenvalue weighted by Gasteiger charge is 2.18. The highest BCUT2D eigenvalue weighted by molar-refractivity contribution is 6.31. The fraction of sp³-hybridized carbons (Fsp3) is 0.0588. The largest absolute Gasteiger partial charge is 0.289 e. The molecule has 0 aromatic heterocycles. The average molecular weight is 285 g/mol. The van der Waals surface area contributed by atoms with E-state index >= 15 is 0 Å². The quantitative estimate of drug-likeness (QED) is 0.621. The molecule has 2 aromatic carbocycles. The molecule has 0 aliphatic rings. The molecule has 0 unspecified atom stereocenters. The van der Waals surface area contributed by atoms with E-state index in [-0.39, 0.29) is 11.6 Å². The van der Waals surface area contributed by atoms with E-state index in [1.807, 2.05) is 19.1 Å². The van der Waals surface area contributed by atoms with Gasteiger partial charge in [0.05, 0.1) is 0 Å². The Kier molecular flexibility index (Phi) is 4.16. The van der Waals surface area contributed by atoms with Crippen LogP contribution in [0.15, 0.2) is 55.1 Å². The number of halogens is 1. The molecular weight excluding hydrogens is 272 g/mol. The maximum atomic E-state index is 12.6. The van der Waals surface area contributed by atoms with Gasteiger partial charge in [-0.05, 0) is 36.8 Å². The predicted octanol–water partition coefficient (Wildman–Crippen LogP) is 4.25. The molecule has 0 spiro atoms. The molecule has 3 heteroatoms. The van der Waals surface area contributed by atoms with Crippen molar-refractivity contribution in [3.8, 4) is 0 Å². The molecule has 2 nitrogen and oxygen atoms in total. The molecule has 0 atom stereocenters. The second-order valence-corrected chi connectivity index (χ2v) is 4.84. The third-order valence-electron chi connectivity index (χ3n) is 3.07. The van der Waals surface area contributed by atoms with Gasteiger partial charge in [-0.1, -0.05) is 42.4 Å². The van der Waals surface area contributed by atoms with Crippen molar-refractivity contribution >= 4 is 23.2 Å². The van der Waals surface area contributed by atoms with E-state index in [1.165, 1.54) is 12.1 Å². The fourth-order valence-corrected chi connectivity index (χ4v) is 2.17. The van der Waals surface area contributed by atoms with E-state index in [1.54, 1.807) is 24.3 Å². The Hall–Kier alpha value is -2.19. The number of rotatable bonds is 4. The van der Waals surface area contributed by atoms with Crippen molar-refractivity contribution in [2.24, 2.45) is 0 Å². The molecule has 0 N–H and O–H groups in total. The van der Waals surface area contributed by atoms with Crippen LogP contribution in [0.5, 0.6) is 0 Å². The third kappa shape index (κ3) is 2.70. The summed E-state index contributed by atoms with van der Waals surface area (Å²) in [5.74, 6) is -0.505. The molecule has 2 aromatic rings. The molecule has 0 saturated heterocycles. The second-order valence-electron chi connectivity index (χ2n) is 4.40. The summed E-state index contributed by atoms with van der Waals surface area (Å²) in [4.78, 5) is 24.5. The average Bonchev–Trinajstić information content (AvgIpc) is 2.46. The molecule has 0 aliphatic carbocycles. The lowest BCUT2D eigenvalue weighted by atomic mass is 9.94. The zero-order valence-electron chi connectivity index (χ0n) is 11.0. The van der Waals surface area contributed by atoms with Gasteiger partial charge in [0, 0.05) is 21.7 Å². The van der Waals surface area contributed by atoms with Gasteiger partial charge in [0.2, 0.25) is 0 Å². The van der Waals surface area contributed by atoms with Crippen LogP contribution in [-0.4, -0.2) is 11.6 Å². The first kappa shape index (κ1) is 14.2. The van der Waals surface area contributed by atoms with Crippen molar-refractivity contribution in [1.29, 1.82) is 0 Å². The molecule has 20 heavy (non-hydrogen) atoms. The van der Waals surface area contributed by atoms with Crippen molar-refractivity contribution in [3.05, 3.63) is 82.4 Å². The lowest BCUT2D eigenvalue weighted by molar-refractivity contribution is 0.101.